The van der Waals surface area contributed by atoms with Crippen LogP contribution in [0.4, 0.5) is 4.79 Å². The van der Waals surface area contributed by atoms with E-state index in [9.17, 15) is 4.79 Å². The molecule has 0 aliphatic heterocycles. The van der Waals surface area contributed by atoms with Gasteiger partial charge in [0, 0.05) is 38.3 Å². The molecule has 0 saturated heterocycles. The highest BCUT2D eigenvalue weighted by atomic mass is 16.5. The summed E-state index contributed by atoms with van der Waals surface area (Å²) in [4.78, 5) is 16.2. The first kappa shape index (κ1) is 19.6. The molecule has 7 heteroatoms. The van der Waals surface area contributed by atoms with Crippen molar-refractivity contribution in [1.82, 2.24) is 25.4 Å². The van der Waals surface area contributed by atoms with E-state index in [0.717, 1.165) is 24.2 Å². The number of amides is 2. The number of urea groups is 1. The average Bonchev–Trinajstić information content (AvgIpc) is 3.27. The van der Waals surface area contributed by atoms with E-state index in [0.29, 0.717) is 26.3 Å². The van der Waals surface area contributed by atoms with E-state index in [2.05, 4.69) is 32.8 Å². The zero-order valence-corrected chi connectivity index (χ0v) is 15.8. The maximum Gasteiger partial charge on any atom is 0.315 e. The third kappa shape index (κ3) is 6.51. The van der Waals surface area contributed by atoms with Gasteiger partial charge in [-0.2, -0.15) is 5.10 Å². The fourth-order valence-corrected chi connectivity index (χ4v) is 2.66. The molecular formula is C21H25N5O2. The monoisotopic (exact) mass is 379 g/mol. The number of hydrogen-bond donors (Lipinski definition) is 2. The molecule has 2 aromatic heterocycles. The Morgan fingerprint density at radius 1 is 1.00 bits per heavy atom. The number of benzene rings is 1. The number of hydrogen-bond acceptors (Lipinski definition) is 4. The van der Waals surface area contributed by atoms with E-state index in [1.54, 1.807) is 17.1 Å². The van der Waals surface area contributed by atoms with Crippen LogP contribution in [-0.2, 0) is 17.7 Å². The van der Waals surface area contributed by atoms with Gasteiger partial charge in [0.15, 0.2) is 5.82 Å². The average molecular weight is 379 g/mol. The summed E-state index contributed by atoms with van der Waals surface area (Å²) >= 11 is 0. The van der Waals surface area contributed by atoms with Crippen molar-refractivity contribution in [3.8, 4) is 5.82 Å². The first-order valence-electron chi connectivity index (χ1n) is 9.39. The van der Waals surface area contributed by atoms with Gasteiger partial charge in [0.25, 0.3) is 0 Å². The van der Waals surface area contributed by atoms with Crippen LogP contribution in [0.1, 0.15) is 17.5 Å². The SMILES string of the molecule is O=C(NCCCOCCc1ccccc1)NCc1ccnc(-n2cccn2)c1. The van der Waals surface area contributed by atoms with Crippen molar-refractivity contribution in [2.24, 2.45) is 0 Å². The molecular weight excluding hydrogens is 354 g/mol. The van der Waals surface area contributed by atoms with Crippen molar-refractivity contribution >= 4 is 6.03 Å². The number of nitrogens with zero attached hydrogens (tertiary/aromatic N) is 3. The molecule has 0 fully saturated rings. The molecule has 3 aromatic rings. The van der Waals surface area contributed by atoms with Gasteiger partial charge in [-0.15, -0.1) is 0 Å². The first-order valence-corrected chi connectivity index (χ1v) is 9.39. The highest BCUT2D eigenvalue weighted by molar-refractivity contribution is 5.73. The fraction of sp³-hybridized carbons (Fsp3) is 0.286. The second-order valence-electron chi connectivity index (χ2n) is 6.28. The zero-order valence-electron chi connectivity index (χ0n) is 15.8. The molecule has 0 unspecified atom stereocenters. The van der Waals surface area contributed by atoms with Crippen molar-refractivity contribution < 1.29 is 9.53 Å². The molecule has 0 aliphatic rings. The first-order chi connectivity index (χ1) is 13.8. The lowest BCUT2D eigenvalue weighted by Crippen LogP contribution is -2.35. The molecule has 2 heterocycles. The van der Waals surface area contributed by atoms with E-state index in [4.69, 9.17) is 4.74 Å². The lowest BCUT2D eigenvalue weighted by molar-refractivity contribution is 0.135. The molecule has 146 valence electrons. The summed E-state index contributed by atoms with van der Waals surface area (Å²) in [5.74, 6) is 0.720. The van der Waals surface area contributed by atoms with Crippen molar-refractivity contribution in [3.05, 3.63) is 78.2 Å². The minimum Gasteiger partial charge on any atom is -0.381 e. The Morgan fingerprint density at radius 3 is 2.71 bits per heavy atom. The maximum atomic E-state index is 11.9. The van der Waals surface area contributed by atoms with Crippen LogP contribution in [0.3, 0.4) is 0 Å². The molecule has 3 rings (SSSR count). The van der Waals surface area contributed by atoms with Crippen LogP contribution in [-0.4, -0.2) is 40.6 Å². The van der Waals surface area contributed by atoms with E-state index >= 15 is 0 Å². The van der Waals surface area contributed by atoms with Gasteiger partial charge in [0.2, 0.25) is 0 Å². The second kappa shape index (κ2) is 10.8. The number of nitrogens with one attached hydrogen (secondary N) is 2. The Hall–Kier alpha value is -3.19. The van der Waals surface area contributed by atoms with Crippen LogP contribution in [0.5, 0.6) is 0 Å². The standard InChI is InChI=1S/C21H25N5O2/c27-21(23-10-5-14-28-15-9-18-6-2-1-3-7-18)24-17-19-8-12-22-20(16-19)26-13-4-11-25-26/h1-4,6-8,11-13,16H,5,9-10,14-15,17H2,(H2,23,24,27). The number of aromatic nitrogens is 3. The molecule has 2 N–H and O–H groups in total. The summed E-state index contributed by atoms with van der Waals surface area (Å²) in [6, 6.07) is 15.7. The lowest BCUT2D eigenvalue weighted by atomic mass is 10.2. The molecule has 1 aromatic carbocycles. The van der Waals surface area contributed by atoms with Gasteiger partial charge < -0.3 is 15.4 Å². The van der Waals surface area contributed by atoms with Crippen molar-refractivity contribution in [2.45, 2.75) is 19.4 Å². The Kier molecular flexibility index (Phi) is 7.57. The largest absolute Gasteiger partial charge is 0.381 e. The molecule has 0 saturated carbocycles. The Balaban J connectivity index is 1.26. The Labute approximate surface area is 164 Å². The van der Waals surface area contributed by atoms with E-state index in [1.807, 2.05) is 42.6 Å². The number of pyridine rings is 1. The Morgan fingerprint density at radius 2 is 1.89 bits per heavy atom. The predicted octanol–water partition coefficient (Wildman–Crippen LogP) is 2.72. The van der Waals surface area contributed by atoms with Gasteiger partial charge >= 0.3 is 6.03 Å². The molecule has 0 spiro atoms. The summed E-state index contributed by atoms with van der Waals surface area (Å²) < 4.78 is 7.29. The van der Waals surface area contributed by atoms with Gasteiger partial charge in [-0.05, 0) is 42.2 Å². The van der Waals surface area contributed by atoms with Crippen LogP contribution < -0.4 is 10.6 Å². The third-order valence-electron chi connectivity index (χ3n) is 4.13. The minimum atomic E-state index is -0.193. The van der Waals surface area contributed by atoms with Crippen LogP contribution in [0.2, 0.25) is 0 Å². The van der Waals surface area contributed by atoms with Crippen LogP contribution in [0.15, 0.2) is 67.1 Å². The normalized spacial score (nSPS) is 10.6. The van der Waals surface area contributed by atoms with Crippen LogP contribution >= 0.6 is 0 Å². The maximum absolute atomic E-state index is 11.9. The van der Waals surface area contributed by atoms with E-state index < -0.39 is 0 Å². The van der Waals surface area contributed by atoms with Crippen molar-refractivity contribution in [2.75, 3.05) is 19.8 Å². The third-order valence-corrected chi connectivity index (χ3v) is 4.13. The molecule has 28 heavy (non-hydrogen) atoms. The van der Waals surface area contributed by atoms with Gasteiger partial charge in [-0.25, -0.2) is 14.5 Å². The zero-order chi connectivity index (χ0) is 19.4. The van der Waals surface area contributed by atoms with Gasteiger partial charge in [-0.1, -0.05) is 30.3 Å². The summed E-state index contributed by atoms with van der Waals surface area (Å²) in [6.07, 6.45) is 6.92. The number of ether oxygens (including phenoxy) is 1. The second-order valence-corrected chi connectivity index (χ2v) is 6.28. The smallest absolute Gasteiger partial charge is 0.315 e. The Bertz CT molecular complexity index is 837. The van der Waals surface area contributed by atoms with Crippen molar-refractivity contribution in [3.63, 3.8) is 0 Å². The highest BCUT2D eigenvalue weighted by Gasteiger charge is 2.03. The van der Waals surface area contributed by atoms with Gasteiger partial charge in [0.05, 0.1) is 6.61 Å². The topological polar surface area (TPSA) is 81.1 Å². The molecule has 0 atom stereocenters. The summed E-state index contributed by atoms with van der Waals surface area (Å²) in [5, 5.41) is 9.84. The molecule has 0 aliphatic carbocycles. The fourth-order valence-electron chi connectivity index (χ4n) is 2.66. The quantitative estimate of drug-likeness (QED) is 0.531. The highest BCUT2D eigenvalue weighted by Crippen LogP contribution is 2.06. The predicted molar refractivity (Wildman–Crippen MR) is 107 cm³/mol. The number of carbonyl (C=O) groups is 1. The molecule has 7 nitrogen and oxygen atoms in total. The summed E-state index contributed by atoms with van der Waals surface area (Å²) in [5.41, 5.74) is 2.23. The minimum absolute atomic E-state index is 0.193. The van der Waals surface area contributed by atoms with Gasteiger partial charge in [-0.3, -0.25) is 0 Å². The molecule has 2 amide bonds. The summed E-state index contributed by atoms with van der Waals surface area (Å²) in [7, 11) is 0. The molecule has 0 radical (unpaired) electrons. The van der Waals surface area contributed by atoms with E-state index in [1.165, 1.54) is 5.56 Å². The summed E-state index contributed by atoms with van der Waals surface area (Å²) in [6.45, 7) is 2.32. The van der Waals surface area contributed by atoms with E-state index in [-0.39, 0.29) is 6.03 Å². The number of carbonyl (C=O) groups excluding carboxylic acids is 1. The van der Waals surface area contributed by atoms with Crippen LogP contribution in [0.25, 0.3) is 5.82 Å². The molecule has 0 bridgehead atoms. The van der Waals surface area contributed by atoms with Crippen molar-refractivity contribution in [1.29, 1.82) is 0 Å². The van der Waals surface area contributed by atoms with Crippen LogP contribution in [0, 0.1) is 0 Å². The van der Waals surface area contributed by atoms with Gasteiger partial charge in [0.1, 0.15) is 0 Å². The number of rotatable bonds is 10. The lowest BCUT2D eigenvalue weighted by Gasteiger charge is -2.09.